The maximum absolute atomic E-state index is 12.5. The smallest absolute Gasteiger partial charge is 0.356 e. The fraction of sp³-hybridized carbons (Fsp3) is 0.562. The third-order valence-electron chi connectivity index (χ3n) is 3.64. The highest BCUT2D eigenvalue weighted by molar-refractivity contribution is 7.09. The van der Waals surface area contributed by atoms with Gasteiger partial charge in [0.25, 0.3) is 0 Å². The zero-order chi connectivity index (χ0) is 19.2. The minimum absolute atomic E-state index is 0.410. The third kappa shape index (κ3) is 6.01. The Morgan fingerprint density at radius 3 is 2.58 bits per heavy atom. The molecule has 26 heavy (non-hydrogen) atoms. The molecule has 2 aromatic rings. The predicted octanol–water partition coefficient (Wildman–Crippen LogP) is 2.77. The fourth-order valence-corrected chi connectivity index (χ4v) is 3.21. The summed E-state index contributed by atoms with van der Waals surface area (Å²) in [7, 11) is 1.65. The van der Waals surface area contributed by atoms with Crippen LogP contribution in [0.4, 0.5) is 13.2 Å². The van der Waals surface area contributed by atoms with Crippen molar-refractivity contribution in [1.82, 2.24) is 25.4 Å². The van der Waals surface area contributed by atoms with Gasteiger partial charge in [-0.2, -0.15) is 18.3 Å². The minimum Gasteiger partial charge on any atom is -0.356 e. The highest BCUT2D eigenvalue weighted by Crippen LogP contribution is 2.29. The van der Waals surface area contributed by atoms with Crippen LogP contribution >= 0.6 is 11.3 Å². The van der Waals surface area contributed by atoms with Crippen molar-refractivity contribution < 1.29 is 13.2 Å². The van der Waals surface area contributed by atoms with Crippen LogP contribution in [0.3, 0.4) is 0 Å². The van der Waals surface area contributed by atoms with E-state index in [1.54, 1.807) is 7.05 Å². The Labute approximate surface area is 154 Å². The standard InChI is InChI=1S/C16H23F3N6S/c1-11-9-12(2)25(24-11)8-4-6-21-15(20-3)22-7-5-14-23-13(10-26-14)16(17,18)19/h9-10H,4-8H2,1-3H3,(H2,20,21,22). The van der Waals surface area contributed by atoms with Crippen molar-refractivity contribution in [2.45, 2.75) is 39.4 Å². The van der Waals surface area contributed by atoms with Crippen molar-refractivity contribution in [3.63, 3.8) is 0 Å². The van der Waals surface area contributed by atoms with Crippen LogP contribution in [0.1, 0.15) is 28.5 Å². The number of aryl methyl sites for hydroxylation is 3. The lowest BCUT2D eigenvalue weighted by Crippen LogP contribution is -2.39. The molecule has 10 heteroatoms. The molecular formula is C16H23F3N6S. The molecule has 0 radical (unpaired) electrons. The quantitative estimate of drug-likeness (QED) is 0.435. The van der Waals surface area contributed by atoms with Gasteiger partial charge in [-0.3, -0.25) is 9.67 Å². The maximum Gasteiger partial charge on any atom is 0.434 e. The summed E-state index contributed by atoms with van der Waals surface area (Å²) in [4.78, 5) is 7.71. The Morgan fingerprint density at radius 2 is 2.00 bits per heavy atom. The average molecular weight is 388 g/mol. The van der Waals surface area contributed by atoms with Gasteiger partial charge in [-0.25, -0.2) is 4.98 Å². The molecule has 2 rings (SSSR count). The summed E-state index contributed by atoms with van der Waals surface area (Å²) >= 11 is 1.02. The predicted molar refractivity (Wildman–Crippen MR) is 96.5 cm³/mol. The van der Waals surface area contributed by atoms with E-state index in [0.29, 0.717) is 30.5 Å². The lowest BCUT2D eigenvalue weighted by molar-refractivity contribution is -0.140. The Hall–Kier alpha value is -2.10. The molecule has 2 aromatic heterocycles. The van der Waals surface area contributed by atoms with Crippen LogP contribution in [0.25, 0.3) is 0 Å². The number of hydrogen-bond acceptors (Lipinski definition) is 4. The molecule has 0 atom stereocenters. The van der Waals surface area contributed by atoms with Crippen LogP contribution in [-0.2, 0) is 19.1 Å². The molecule has 0 aromatic carbocycles. The van der Waals surface area contributed by atoms with E-state index >= 15 is 0 Å². The van der Waals surface area contributed by atoms with E-state index in [9.17, 15) is 13.2 Å². The van der Waals surface area contributed by atoms with Crippen molar-refractivity contribution in [3.05, 3.63) is 33.5 Å². The maximum atomic E-state index is 12.5. The van der Waals surface area contributed by atoms with Gasteiger partial charge >= 0.3 is 6.18 Å². The Morgan fingerprint density at radius 1 is 1.27 bits per heavy atom. The van der Waals surface area contributed by atoms with Crippen LogP contribution in [0.15, 0.2) is 16.4 Å². The van der Waals surface area contributed by atoms with Gasteiger partial charge in [0.15, 0.2) is 11.7 Å². The zero-order valence-electron chi connectivity index (χ0n) is 15.0. The average Bonchev–Trinajstić information content (AvgIpc) is 3.16. The van der Waals surface area contributed by atoms with E-state index < -0.39 is 11.9 Å². The van der Waals surface area contributed by atoms with E-state index in [0.717, 1.165) is 41.1 Å². The summed E-state index contributed by atoms with van der Waals surface area (Å²) in [6, 6.07) is 2.04. The molecule has 0 aliphatic carbocycles. The molecule has 2 heterocycles. The number of aliphatic imine (C=N–C) groups is 1. The van der Waals surface area contributed by atoms with Gasteiger partial charge in [0.05, 0.1) is 10.7 Å². The van der Waals surface area contributed by atoms with Gasteiger partial charge in [0.2, 0.25) is 0 Å². The highest BCUT2D eigenvalue weighted by Gasteiger charge is 2.33. The molecule has 0 amide bonds. The molecule has 6 nitrogen and oxygen atoms in total. The Kier molecular flexibility index (Phi) is 7.01. The molecule has 0 saturated heterocycles. The highest BCUT2D eigenvalue weighted by atomic mass is 32.1. The number of rotatable bonds is 7. The first-order valence-electron chi connectivity index (χ1n) is 8.26. The van der Waals surface area contributed by atoms with E-state index in [1.807, 2.05) is 24.6 Å². The molecular weight excluding hydrogens is 365 g/mol. The summed E-state index contributed by atoms with van der Waals surface area (Å²) in [5.74, 6) is 0.617. The number of nitrogens with zero attached hydrogens (tertiary/aromatic N) is 4. The van der Waals surface area contributed by atoms with Gasteiger partial charge < -0.3 is 10.6 Å². The van der Waals surface area contributed by atoms with Crippen LogP contribution in [0, 0.1) is 13.8 Å². The summed E-state index contributed by atoms with van der Waals surface area (Å²) < 4.78 is 39.5. The second-order valence-electron chi connectivity index (χ2n) is 5.80. The summed E-state index contributed by atoms with van der Waals surface area (Å²) in [6.07, 6.45) is -3.09. The van der Waals surface area contributed by atoms with Gasteiger partial charge in [0, 0.05) is 44.2 Å². The Balaban J connectivity index is 1.68. The minimum atomic E-state index is -4.38. The second-order valence-corrected chi connectivity index (χ2v) is 6.75. The first kappa shape index (κ1) is 20.2. The van der Waals surface area contributed by atoms with Crippen LogP contribution < -0.4 is 10.6 Å². The Bertz CT molecular complexity index is 735. The largest absolute Gasteiger partial charge is 0.434 e. The molecule has 0 spiro atoms. The number of guanidine groups is 1. The molecule has 0 fully saturated rings. The summed E-state index contributed by atoms with van der Waals surface area (Å²) in [5, 5.41) is 12.2. The molecule has 0 bridgehead atoms. The number of aromatic nitrogens is 3. The lowest BCUT2D eigenvalue weighted by atomic mass is 10.4. The second kappa shape index (κ2) is 9.02. The molecule has 0 aliphatic rings. The first-order valence-corrected chi connectivity index (χ1v) is 9.14. The van der Waals surface area contributed by atoms with Gasteiger partial charge in [0.1, 0.15) is 0 Å². The van der Waals surface area contributed by atoms with Crippen molar-refractivity contribution in [3.8, 4) is 0 Å². The zero-order valence-corrected chi connectivity index (χ0v) is 15.8. The lowest BCUT2D eigenvalue weighted by Gasteiger charge is -2.11. The van der Waals surface area contributed by atoms with Crippen LogP contribution in [0.5, 0.6) is 0 Å². The van der Waals surface area contributed by atoms with Crippen molar-refractivity contribution in [2.24, 2.45) is 4.99 Å². The molecule has 0 saturated carbocycles. The van der Waals surface area contributed by atoms with Crippen molar-refractivity contribution in [2.75, 3.05) is 20.1 Å². The van der Waals surface area contributed by atoms with Crippen LogP contribution in [0.2, 0.25) is 0 Å². The van der Waals surface area contributed by atoms with E-state index in [-0.39, 0.29) is 0 Å². The number of nitrogens with one attached hydrogen (secondary N) is 2. The van der Waals surface area contributed by atoms with Gasteiger partial charge in [-0.05, 0) is 26.3 Å². The SMILES string of the molecule is CN=C(NCCCn1nc(C)cc1C)NCCc1nc(C(F)(F)F)cs1. The number of thiazole rings is 1. The van der Waals surface area contributed by atoms with Crippen LogP contribution in [-0.4, -0.2) is 40.9 Å². The molecule has 144 valence electrons. The number of hydrogen-bond donors (Lipinski definition) is 2. The van der Waals surface area contributed by atoms with Crippen molar-refractivity contribution >= 4 is 17.3 Å². The van der Waals surface area contributed by atoms with E-state index in [4.69, 9.17) is 0 Å². The van der Waals surface area contributed by atoms with E-state index in [2.05, 4.69) is 25.7 Å². The third-order valence-corrected chi connectivity index (χ3v) is 4.55. The summed E-state index contributed by atoms with van der Waals surface area (Å²) in [6.45, 7) is 5.97. The fourth-order valence-electron chi connectivity index (χ4n) is 2.40. The molecule has 2 N–H and O–H groups in total. The van der Waals surface area contributed by atoms with Gasteiger partial charge in [-0.1, -0.05) is 0 Å². The molecule has 0 aliphatic heterocycles. The topological polar surface area (TPSA) is 67.1 Å². The normalized spacial score (nSPS) is 12.5. The van der Waals surface area contributed by atoms with Crippen molar-refractivity contribution in [1.29, 1.82) is 0 Å². The number of alkyl halides is 3. The monoisotopic (exact) mass is 388 g/mol. The first-order chi connectivity index (χ1) is 12.3. The van der Waals surface area contributed by atoms with Gasteiger partial charge in [-0.15, -0.1) is 11.3 Å². The van der Waals surface area contributed by atoms with E-state index in [1.165, 1.54) is 0 Å². The number of halogens is 3. The molecule has 0 unspecified atom stereocenters. The summed E-state index contributed by atoms with van der Waals surface area (Å²) in [5.41, 5.74) is 1.31.